The number of alkyl halides is 2. The molecule has 18 heavy (non-hydrogen) atoms. The van der Waals surface area contributed by atoms with Crippen LogP contribution in [-0.4, -0.2) is 18.3 Å². The molecule has 2 rings (SSSR count). The zero-order valence-electron chi connectivity index (χ0n) is 10.4. The number of aliphatic hydroxyl groups excluding tert-OH is 1. The molecule has 0 amide bonds. The molecule has 1 N–H and O–H groups in total. The first-order valence-corrected chi connectivity index (χ1v) is 5.89. The minimum Gasteiger partial charge on any atom is -0.490 e. The van der Waals surface area contributed by atoms with Crippen LogP contribution in [0.25, 0.3) is 0 Å². The average molecular weight is 258 g/mol. The van der Waals surface area contributed by atoms with E-state index in [0.717, 1.165) is 6.92 Å². The van der Waals surface area contributed by atoms with Crippen molar-refractivity contribution in [3.05, 3.63) is 23.3 Å². The first-order chi connectivity index (χ1) is 8.39. The van der Waals surface area contributed by atoms with Crippen molar-refractivity contribution in [3.8, 4) is 11.5 Å². The smallest absolute Gasteiger partial charge is 0.271 e. The van der Waals surface area contributed by atoms with E-state index in [1.165, 1.54) is 19.1 Å². The molecule has 1 aliphatic heterocycles. The largest absolute Gasteiger partial charge is 0.490 e. The fraction of sp³-hybridized carbons (Fsp3) is 0.538. The third kappa shape index (κ3) is 2.56. The summed E-state index contributed by atoms with van der Waals surface area (Å²) in [6, 6.07) is 2.71. The minimum atomic E-state index is -3.03. The highest BCUT2D eigenvalue weighted by atomic mass is 19.3. The van der Waals surface area contributed by atoms with Crippen molar-refractivity contribution in [1.82, 2.24) is 0 Å². The summed E-state index contributed by atoms with van der Waals surface area (Å²) in [6.45, 7) is 3.18. The highest BCUT2D eigenvalue weighted by Crippen LogP contribution is 2.41. The van der Waals surface area contributed by atoms with Gasteiger partial charge < -0.3 is 14.6 Å². The number of hydrogen-bond donors (Lipinski definition) is 1. The van der Waals surface area contributed by atoms with Crippen LogP contribution in [0.2, 0.25) is 0 Å². The minimum absolute atomic E-state index is 0.173. The monoisotopic (exact) mass is 258 g/mol. The topological polar surface area (TPSA) is 38.7 Å². The van der Waals surface area contributed by atoms with Crippen LogP contribution < -0.4 is 9.47 Å². The predicted octanol–water partition coefficient (Wildman–Crippen LogP) is 3.01. The van der Waals surface area contributed by atoms with E-state index in [1.54, 1.807) is 0 Å². The van der Waals surface area contributed by atoms with Crippen molar-refractivity contribution in [3.63, 3.8) is 0 Å². The maximum Gasteiger partial charge on any atom is 0.271 e. The second-order valence-electron chi connectivity index (χ2n) is 4.50. The molecule has 0 saturated heterocycles. The lowest BCUT2D eigenvalue weighted by Gasteiger charge is -2.20. The van der Waals surface area contributed by atoms with E-state index in [-0.39, 0.29) is 11.1 Å². The van der Waals surface area contributed by atoms with Gasteiger partial charge in [-0.15, -0.1) is 0 Å². The molecule has 1 aliphatic rings. The van der Waals surface area contributed by atoms with Gasteiger partial charge >= 0.3 is 0 Å². The van der Waals surface area contributed by atoms with Gasteiger partial charge in [0, 0.05) is 18.9 Å². The Bertz CT molecular complexity index is 439. The molecule has 0 bridgehead atoms. The molecule has 1 unspecified atom stereocenters. The number of fused-ring (bicyclic) bond motifs is 1. The van der Waals surface area contributed by atoms with Gasteiger partial charge in [0.2, 0.25) is 0 Å². The Labute approximate surface area is 104 Å². The zero-order chi connectivity index (χ0) is 13.3. The van der Waals surface area contributed by atoms with Crippen molar-refractivity contribution < 1.29 is 23.4 Å². The van der Waals surface area contributed by atoms with Gasteiger partial charge in [0.15, 0.2) is 11.5 Å². The van der Waals surface area contributed by atoms with Crippen molar-refractivity contribution in [2.24, 2.45) is 0 Å². The summed E-state index contributed by atoms with van der Waals surface area (Å²) in [5.74, 6) is -2.30. The zero-order valence-corrected chi connectivity index (χ0v) is 10.4. The average Bonchev–Trinajstić information content (AvgIpc) is 2.50. The maximum absolute atomic E-state index is 13.5. The SMILES string of the molecule is CC(O)c1cc2c(cc1C(C)(F)F)OCCCO2. The molecule has 1 atom stereocenters. The van der Waals surface area contributed by atoms with Crippen molar-refractivity contribution in [1.29, 1.82) is 0 Å². The Hall–Kier alpha value is -1.36. The molecule has 0 fully saturated rings. The lowest BCUT2D eigenvalue weighted by molar-refractivity contribution is 0.0138. The molecule has 5 heteroatoms. The summed E-state index contributed by atoms with van der Waals surface area (Å²) in [4.78, 5) is 0. The standard InChI is InChI=1S/C13H16F2O3/c1-8(16)9-6-11-12(18-5-3-4-17-11)7-10(9)13(2,14)15/h6-8,16H,3-5H2,1-2H3. The van der Waals surface area contributed by atoms with Gasteiger partial charge in [-0.3, -0.25) is 0 Å². The highest BCUT2D eigenvalue weighted by molar-refractivity contribution is 5.49. The second-order valence-corrected chi connectivity index (χ2v) is 4.50. The van der Waals surface area contributed by atoms with Crippen LogP contribution >= 0.6 is 0 Å². The van der Waals surface area contributed by atoms with Gasteiger partial charge in [-0.2, -0.15) is 0 Å². The first kappa shape index (κ1) is 13.1. The molecule has 1 aromatic carbocycles. The Kier molecular flexibility index (Phi) is 3.43. The van der Waals surface area contributed by atoms with E-state index in [9.17, 15) is 13.9 Å². The number of benzene rings is 1. The van der Waals surface area contributed by atoms with Crippen LogP contribution in [0.1, 0.15) is 37.5 Å². The molecule has 0 aliphatic carbocycles. The van der Waals surface area contributed by atoms with Crippen LogP contribution in [0.3, 0.4) is 0 Å². The fourth-order valence-corrected chi connectivity index (χ4v) is 1.95. The lowest BCUT2D eigenvalue weighted by atomic mass is 9.98. The van der Waals surface area contributed by atoms with Gasteiger partial charge in [0.05, 0.1) is 19.3 Å². The van der Waals surface area contributed by atoms with E-state index in [2.05, 4.69) is 0 Å². The highest BCUT2D eigenvalue weighted by Gasteiger charge is 2.31. The quantitative estimate of drug-likeness (QED) is 0.886. The Morgan fingerprint density at radius 3 is 2.28 bits per heavy atom. The number of rotatable bonds is 2. The molecular weight excluding hydrogens is 242 g/mol. The van der Waals surface area contributed by atoms with Gasteiger partial charge in [-0.1, -0.05) is 0 Å². The first-order valence-electron chi connectivity index (χ1n) is 5.89. The third-order valence-electron chi connectivity index (χ3n) is 2.84. The summed E-state index contributed by atoms with van der Waals surface area (Å²) in [7, 11) is 0. The molecule has 3 nitrogen and oxygen atoms in total. The molecular formula is C13H16F2O3. The molecule has 1 aromatic rings. The Balaban J connectivity index is 2.55. The molecule has 100 valence electrons. The van der Waals surface area contributed by atoms with E-state index in [4.69, 9.17) is 9.47 Å². The van der Waals surface area contributed by atoms with Gasteiger partial charge in [-0.25, -0.2) is 8.78 Å². The van der Waals surface area contributed by atoms with E-state index in [0.29, 0.717) is 31.1 Å². The molecule has 0 saturated carbocycles. The van der Waals surface area contributed by atoms with Crippen molar-refractivity contribution in [2.45, 2.75) is 32.3 Å². The van der Waals surface area contributed by atoms with E-state index < -0.39 is 12.0 Å². The normalized spacial score (nSPS) is 17.2. The van der Waals surface area contributed by atoms with Crippen LogP contribution in [0, 0.1) is 0 Å². The van der Waals surface area contributed by atoms with Crippen LogP contribution in [0.5, 0.6) is 11.5 Å². The maximum atomic E-state index is 13.5. The summed E-state index contributed by atoms with van der Waals surface area (Å²) < 4.78 is 37.9. The number of halogens is 2. The molecule has 0 radical (unpaired) electrons. The van der Waals surface area contributed by atoms with E-state index in [1.807, 2.05) is 0 Å². The number of ether oxygens (including phenoxy) is 2. The van der Waals surface area contributed by atoms with Crippen LogP contribution in [-0.2, 0) is 5.92 Å². The summed E-state index contributed by atoms with van der Waals surface area (Å²) >= 11 is 0. The molecule has 0 spiro atoms. The van der Waals surface area contributed by atoms with Gasteiger partial charge in [0.1, 0.15) is 0 Å². The fourth-order valence-electron chi connectivity index (χ4n) is 1.95. The summed E-state index contributed by atoms with van der Waals surface area (Å²) in [5.41, 5.74) is -0.0477. The van der Waals surface area contributed by atoms with Gasteiger partial charge in [0.25, 0.3) is 5.92 Å². The van der Waals surface area contributed by atoms with Crippen LogP contribution in [0.15, 0.2) is 12.1 Å². The molecule has 0 aromatic heterocycles. The third-order valence-corrected chi connectivity index (χ3v) is 2.84. The van der Waals surface area contributed by atoms with Gasteiger partial charge in [-0.05, 0) is 24.6 Å². The van der Waals surface area contributed by atoms with Crippen molar-refractivity contribution >= 4 is 0 Å². The van der Waals surface area contributed by atoms with E-state index >= 15 is 0 Å². The number of aliphatic hydroxyl groups is 1. The Morgan fingerprint density at radius 1 is 1.22 bits per heavy atom. The number of hydrogen-bond acceptors (Lipinski definition) is 3. The summed E-state index contributed by atoms with van der Waals surface area (Å²) in [6.07, 6.45) is -0.278. The lowest BCUT2D eigenvalue weighted by Crippen LogP contribution is -2.13. The predicted molar refractivity (Wildman–Crippen MR) is 62.3 cm³/mol. The second kappa shape index (κ2) is 4.72. The summed E-state index contributed by atoms with van der Waals surface area (Å²) in [5, 5.41) is 9.61. The molecule has 1 heterocycles. The van der Waals surface area contributed by atoms with Crippen molar-refractivity contribution in [2.75, 3.05) is 13.2 Å². The van der Waals surface area contributed by atoms with Crippen LogP contribution in [0.4, 0.5) is 8.78 Å². The Morgan fingerprint density at radius 2 is 1.78 bits per heavy atom.